The second kappa shape index (κ2) is 7.16. The first-order chi connectivity index (χ1) is 13.0. The molecule has 1 amide bonds. The quantitative estimate of drug-likeness (QED) is 0.610. The molecule has 0 N–H and O–H groups in total. The SMILES string of the molecule is O=C(CSc1nnc2ccccn12)N(c1ccccc1)[C@H]1C=CS(=O)(=O)C1. The molecular formula is C18H16N4O3S2. The molecule has 0 spiro atoms. The zero-order valence-corrected chi connectivity index (χ0v) is 15.8. The second-order valence-electron chi connectivity index (χ2n) is 6.02. The molecule has 1 aliphatic rings. The van der Waals surface area contributed by atoms with Gasteiger partial charge in [0.25, 0.3) is 0 Å². The van der Waals surface area contributed by atoms with Gasteiger partial charge in [0.1, 0.15) is 0 Å². The van der Waals surface area contributed by atoms with Gasteiger partial charge < -0.3 is 4.90 Å². The van der Waals surface area contributed by atoms with E-state index in [1.807, 2.05) is 47.0 Å². The van der Waals surface area contributed by atoms with Crippen LogP contribution in [0.5, 0.6) is 0 Å². The van der Waals surface area contributed by atoms with Crippen molar-refractivity contribution in [3.8, 4) is 0 Å². The van der Waals surface area contributed by atoms with Gasteiger partial charge in [0.2, 0.25) is 5.91 Å². The van der Waals surface area contributed by atoms with Gasteiger partial charge in [-0.1, -0.05) is 36.0 Å². The molecule has 1 aromatic carbocycles. The smallest absolute Gasteiger partial charge is 0.238 e. The molecule has 7 nitrogen and oxygen atoms in total. The summed E-state index contributed by atoms with van der Waals surface area (Å²) in [7, 11) is -3.28. The monoisotopic (exact) mass is 400 g/mol. The van der Waals surface area contributed by atoms with Crippen molar-refractivity contribution in [3.63, 3.8) is 0 Å². The highest BCUT2D eigenvalue weighted by Crippen LogP contribution is 2.25. The number of hydrogen-bond donors (Lipinski definition) is 0. The van der Waals surface area contributed by atoms with Crippen molar-refractivity contribution >= 4 is 38.8 Å². The highest BCUT2D eigenvalue weighted by atomic mass is 32.2. The Balaban J connectivity index is 1.57. The molecule has 27 heavy (non-hydrogen) atoms. The van der Waals surface area contributed by atoms with Crippen molar-refractivity contribution in [3.05, 3.63) is 66.2 Å². The molecule has 9 heteroatoms. The fraction of sp³-hybridized carbons (Fsp3) is 0.167. The number of anilines is 1. The number of pyridine rings is 1. The minimum absolute atomic E-state index is 0.105. The van der Waals surface area contributed by atoms with Gasteiger partial charge in [-0.25, -0.2) is 8.42 Å². The molecule has 3 aromatic rings. The number of aromatic nitrogens is 3. The predicted molar refractivity (Wildman–Crippen MR) is 104 cm³/mol. The third-order valence-electron chi connectivity index (χ3n) is 4.15. The van der Waals surface area contributed by atoms with Gasteiger partial charge >= 0.3 is 0 Å². The largest absolute Gasteiger partial charge is 0.304 e. The van der Waals surface area contributed by atoms with Gasteiger partial charge in [-0.2, -0.15) is 0 Å². The zero-order valence-electron chi connectivity index (χ0n) is 14.2. The Bertz CT molecular complexity index is 1110. The summed E-state index contributed by atoms with van der Waals surface area (Å²) < 4.78 is 25.5. The van der Waals surface area contributed by atoms with Crippen molar-refractivity contribution in [1.82, 2.24) is 14.6 Å². The Morgan fingerprint density at radius 2 is 1.93 bits per heavy atom. The third-order valence-corrected chi connectivity index (χ3v) is 6.46. The summed E-state index contributed by atoms with van der Waals surface area (Å²) in [6.45, 7) is 0. The number of benzene rings is 1. The molecule has 0 fully saturated rings. The first kappa shape index (κ1) is 17.7. The van der Waals surface area contributed by atoms with E-state index in [0.29, 0.717) is 16.5 Å². The van der Waals surface area contributed by atoms with Crippen molar-refractivity contribution in [2.75, 3.05) is 16.4 Å². The Morgan fingerprint density at radius 1 is 1.15 bits per heavy atom. The number of carbonyl (C=O) groups excluding carboxylic acids is 1. The van der Waals surface area contributed by atoms with E-state index in [1.165, 1.54) is 22.1 Å². The summed E-state index contributed by atoms with van der Waals surface area (Å²) in [4.78, 5) is 14.5. The fourth-order valence-electron chi connectivity index (χ4n) is 2.94. The molecule has 0 radical (unpaired) electrons. The number of sulfone groups is 1. The zero-order chi connectivity index (χ0) is 18.9. The van der Waals surface area contributed by atoms with E-state index < -0.39 is 15.9 Å². The van der Waals surface area contributed by atoms with Crippen LogP contribution in [0.1, 0.15) is 0 Å². The lowest BCUT2D eigenvalue weighted by Crippen LogP contribution is -2.42. The molecule has 3 heterocycles. The highest BCUT2D eigenvalue weighted by Gasteiger charge is 2.31. The highest BCUT2D eigenvalue weighted by molar-refractivity contribution is 7.99. The summed E-state index contributed by atoms with van der Waals surface area (Å²) in [6.07, 6.45) is 3.40. The van der Waals surface area contributed by atoms with E-state index in [0.717, 1.165) is 0 Å². The fourth-order valence-corrected chi connectivity index (χ4v) is 4.99. The molecule has 0 aliphatic carbocycles. The minimum Gasteiger partial charge on any atom is -0.304 e. The van der Waals surface area contributed by atoms with Crippen LogP contribution in [0.2, 0.25) is 0 Å². The lowest BCUT2D eigenvalue weighted by molar-refractivity contribution is -0.116. The van der Waals surface area contributed by atoms with Crippen molar-refractivity contribution in [2.24, 2.45) is 0 Å². The number of nitrogens with zero attached hydrogens (tertiary/aromatic N) is 4. The normalized spacial score (nSPS) is 18.0. The van der Waals surface area contributed by atoms with Crippen LogP contribution in [0.3, 0.4) is 0 Å². The van der Waals surface area contributed by atoms with Crippen LogP contribution in [0.15, 0.2) is 71.4 Å². The van der Waals surface area contributed by atoms with Crippen LogP contribution in [-0.4, -0.2) is 46.5 Å². The third kappa shape index (κ3) is 3.74. The van der Waals surface area contributed by atoms with Crippen LogP contribution >= 0.6 is 11.8 Å². The number of fused-ring (bicyclic) bond motifs is 1. The van der Waals surface area contributed by atoms with E-state index in [1.54, 1.807) is 18.2 Å². The lowest BCUT2D eigenvalue weighted by atomic mass is 10.2. The van der Waals surface area contributed by atoms with Gasteiger partial charge in [-0.15, -0.1) is 10.2 Å². The molecule has 1 aliphatic heterocycles. The maximum absolute atomic E-state index is 13.0. The van der Waals surface area contributed by atoms with Gasteiger partial charge in [0.15, 0.2) is 20.6 Å². The summed E-state index contributed by atoms with van der Waals surface area (Å²) in [6, 6.07) is 14.2. The van der Waals surface area contributed by atoms with Gasteiger partial charge in [0.05, 0.1) is 17.5 Å². The Labute approximate surface area is 160 Å². The van der Waals surface area contributed by atoms with Gasteiger partial charge in [-0.3, -0.25) is 9.20 Å². The van der Waals surface area contributed by atoms with Crippen molar-refractivity contribution in [2.45, 2.75) is 11.2 Å². The molecule has 1 atom stereocenters. The van der Waals surface area contributed by atoms with Gasteiger partial charge in [0, 0.05) is 17.3 Å². The van der Waals surface area contributed by atoms with E-state index in [2.05, 4.69) is 10.2 Å². The molecule has 4 rings (SSSR count). The standard InChI is InChI=1S/C18H16N4O3S2/c23-17(12-26-18-20-19-16-8-4-5-10-21(16)18)22(14-6-2-1-3-7-14)15-9-11-27(24,25)13-15/h1-11,15H,12-13H2/t15-/m0/s1. The van der Waals surface area contributed by atoms with Crippen LogP contribution < -0.4 is 4.90 Å². The lowest BCUT2D eigenvalue weighted by Gasteiger charge is -2.27. The Kier molecular flexibility index (Phi) is 4.71. The van der Waals surface area contributed by atoms with Crippen LogP contribution in [-0.2, 0) is 14.6 Å². The van der Waals surface area contributed by atoms with Crippen LogP contribution in [0.25, 0.3) is 5.65 Å². The summed E-state index contributed by atoms with van der Waals surface area (Å²) in [5.41, 5.74) is 1.37. The van der Waals surface area contributed by atoms with Gasteiger partial charge in [-0.05, 0) is 30.3 Å². The van der Waals surface area contributed by atoms with Crippen LogP contribution in [0, 0.1) is 0 Å². The molecule has 0 saturated heterocycles. The second-order valence-corrected chi connectivity index (χ2v) is 8.90. The number of thioether (sulfide) groups is 1. The molecule has 0 unspecified atom stereocenters. The average molecular weight is 400 g/mol. The molecule has 2 aromatic heterocycles. The molecule has 0 bridgehead atoms. The van der Waals surface area contributed by atoms with Crippen LogP contribution in [0.4, 0.5) is 5.69 Å². The van der Waals surface area contributed by atoms with E-state index in [-0.39, 0.29) is 17.4 Å². The first-order valence-electron chi connectivity index (χ1n) is 8.24. The summed E-state index contributed by atoms with van der Waals surface area (Å²) in [5.74, 6) is -0.174. The maximum Gasteiger partial charge on any atom is 0.238 e. The number of hydrogen-bond acceptors (Lipinski definition) is 6. The van der Waals surface area contributed by atoms with E-state index in [4.69, 9.17) is 0 Å². The molecular weight excluding hydrogens is 384 g/mol. The van der Waals surface area contributed by atoms with Crippen molar-refractivity contribution in [1.29, 1.82) is 0 Å². The predicted octanol–water partition coefficient (Wildman–Crippen LogP) is 2.17. The van der Waals surface area contributed by atoms with E-state index >= 15 is 0 Å². The molecule has 138 valence electrons. The topological polar surface area (TPSA) is 84.6 Å². The first-order valence-corrected chi connectivity index (χ1v) is 10.9. The van der Waals surface area contributed by atoms with E-state index in [9.17, 15) is 13.2 Å². The number of amides is 1. The number of carbonyl (C=O) groups is 1. The van der Waals surface area contributed by atoms with Crippen molar-refractivity contribution < 1.29 is 13.2 Å². The average Bonchev–Trinajstić information content (AvgIpc) is 3.24. The Hall–Kier alpha value is -2.65. The number of rotatable bonds is 5. The number of para-hydroxylation sites is 1. The minimum atomic E-state index is -3.28. The Morgan fingerprint density at radius 3 is 2.67 bits per heavy atom. The molecule has 0 saturated carbocycles. The maximum atomic E-state index is 13.0. The summed E-state index contributed by atoms with van der Waals surface area (Å²) >= 11 is 1.27. The summed E-state index contributed by atoms with van der Waals surface area (Å²) in [5, 5.41) is 9.98.